The predicted octanol–water partition coefficient (Wildman–Crippen LogP) is 5.29. The molecule has 30 heavy (non-hydrogen) atoms. The summed E-state index contributed by atoms with van der Waals surface area (Å²) in [6.45, 7) is 1.54. The van der Waals surface area contributed by atoms with E-state index in [9.17, 15) is 26.3 Å². The first kappa shape index (κ1) is 22.4. The molecule has 1 aromatic carbocycles. The van der Waals surface area contributed by atoms with Crippen LogP contribution in [0.25, 0.3) is 0 Å². The van der Waals surface area contributed by atoms with Crippen molar-refractivity contribution in [3.05, 3.63) is 52.7 Å². The molecule has 4 nitrogen and oxygen atoms in total. The van der Waals surface area contributed by atoms with Crippen LogP contribution in [0.15, 0.2) is 36.5 Å². The topological polar surface area (TPSA) is 31.4 Å². The summed E-state index contributed by atoms with van der Waals surface area (Å²) in [5, 5.41) is 2.93. The van der Waals surface area contributed by atoms with Crippen LogP contribution in [-0.2, 0) is 12.4 Å². The van der Waals surface area contributed by atoms with Gasteiger partial charge in [0.25, 0.3) is 0 Å². The maximum atomic E-state index is 12.8. The number of aromatic nitrogens is 1. The van der Waals surface area contributed by atoms with Crippen molar-refractivity contribution in [1.29, 1.82) is 0 Å². The zero-order chi connectivity index (χ0) is 22.1. The van der Waals surface area contributed by atoms with Crippen LogP contribution in [0.3, 0.4) is 0 Å². The largest absolute Gasteiger partial charge is 0.417 e. The van der Waals surface area contributed by atoms with Gasteiger partial charge in [-0.1, -0.05) is 17.7 Å². The zero-order valence-corrected chi connectivity index (χ0v) is 16.8. The van der Waals surface area contributed by atoms with Crippen LogP contribution in [0.2, 0.25) is 5.02 Å². The standard InChI is InChI=1S/C18H15ClF6N4S/c19-14-9-12(18(23,24)25)10-26-15(14)28-4-6-29(7-5-28)16(30)27-13-3-1-2-11(8-13)17(20,21)22/h1-3,8-10H,4-7H2,(H,27,30). The lowest BCUT2D eigenvalue weighted by Gasteiger charge is -2.37. The van der Waals surface area contributed by atoms with Crippen LogP contribution in [0.4, 0.5) is 37.8 Å². The number of piperazine rings is 1. The Morgan fingerprint density at radius 3 is 2.17 bits per heavy atom. The molecule has 2 heterocycles. The van der Waals surface area contributed by atoms with E-state index in [1.165, 1.54) is 12.1 Å². The smallest absolute Gasteiger partial charge is 0.352 e. The van der Waals surface area contributed by atoms with E-state index in [1.807, 2.05) is 0 Å². The number of anilines is 2. The second kappa shape index (κ2) is 8.46. The number of nitrogens with one attached hydrogen (secondary N) is 1. The van der Waals surface area contributed by atoms with Crippen LogP contribution >= 0.6 is 23.8 Å². The Morgan fingerprint density at radius 1 is 0.967 bits per heavy atom. The van der Waals surface area contributed by atoms with Crippen molar-refractivity contribution in [3.8, 4) is 0 Å². The first-order chi connectivity index (χ1) is 13.9. The number of rotatable bonds is 2. The maximum Gasteiger partial charge on any atom is 0.417 e. The molecule has 0 spiro atoms. The third-order valence-corrected chi connectivity index (χ3v) is 5.10. The van der Waals surface area contributed by atoms with Gasteiger partial charge in [0, 0.05) is 38.1 Å². The number of halogens is 7. The van der Waals surface area contributed by atoms with E-state index in [2.05, 4.69) is 10.3 Å². The van der Waals surface area contributed by atoms with E-state index in [-0.39, 0.29) is 21.6 Å². The molecule has 12 heteroatoms. The monoisotopic (exact) mass is 468 g/mol. The van der Waals surface area contributed by atoms with Crippen molar-refractivity contribution in [3.63, 3.8) is 0 Å². The van der Waals surface area contributed by atoms with Crippen LogP contribution in [0.5, 0.6) is 0 Å². The fraction of sp³-hybridized carbons (Fsp3) is 0.333. The number of nitrogens with zero attached hydrogens (tertiary/aromatic N) is 3. The molecule has 0 bridgehead atoms. The normalized spacial score (nSPS) is 15.3. The SMILES string of the molecule is FC(F)(F)c1cccc(NC(=S)N2CCN(c3ncc(C(F)(F)F)cc3Cl)CC2)c1. The fourth-order valence-corrected chi connectivity index (χ4v) is 3.50. The molecular formula is C18H15ClF6N4S. The van der Waals surface area contributed by atoms with Crippen LogP contribution in [-0.4, -0.2) is 41.2 Å². The second-order valence-corrected chi connectivity index (χ2v) is 7.30. The highest BCUT2D eigenvalue weighted by atomic mass is 35.5. The van der Waals surface area contributed by atoms with Gasteiger partial charge in [0.05, 0.1) is 16.1 Å². The van der Waals surface area contributed by atoms with Crippen LogP contribution in [0, 0.1) is 0 Å². The van der Waals surface area contributed by atoms with Crippen LogP contribution < -0.4 is 10.2 Å². The van der Waals surface area contributed by atoms with Gasteiger partial charge in [-0.3, -0.25) is 0 Å². The molecule has 1 aliphatic rings. The van der Waals surface area contributed by atoms with Gasteiger partial charge in [-0.15, -0.1) is 0 Å². The average molecular weight is 469 g/mol. The van der Waals surface area contributed by atoms with Crippen molar-refractivity contribution in [2.45, 2.75) is 12.4 Å². The third kappa shape index (κ3) is 5.25. The van der Waals surface area contributed by atoms with Crippen LogP contribution in [0.1, 0.15) is 11.1 Å². The van der Waals surface area contributed by atoms with Gasteiger partial charge in [0.2, 0.25) is 0 Å². The van der Waals surface area contributed by atoms with Gasteiger partial charge >= 0.3 is 12.4 Å². The molecule has 1 aromatic heterocycles. The van der Waals surface area contributed by atoms with Gasteiger partial charge < -0.3 is 15.1 Å². The van der Waals surface area contributed by atoms with Crippen molar-refractivity contribution in [2.75, 3.05) is 36.4 Å². The summed E-state index contributed by atoms with van der Waals surface area (Å²) in [4.78, 5) is 7.32. The van der Waals surface area contributed by atoms with Gasteiger partial charge in [0.1, 0.15) is 5.82 Å². The number of thiocarbonyl (C=S) groups is 1. The maximum absolute atomic E-state index is 12.8. The van der Waals surface area contributed by atoms with E-state index in [1.54, 1.807) is 9.80 Å². The average Bonchev–Trinajstić information content (AvgIpc) is 2.67. The highest BCUT2D eigenvalue weighted by molar-refractivity contribution is 7.80. The summed E-state index contributed by atoms with van der Waals surface area (Å²) < 4.78 is 76.7. The molecule has 2 aromatic rings. The molecule has 0 amide bonds. The number of benzene rings is 1. The summed E-state index contributed by atoms with van der Waals surface area (Å²) >= 11 is 11.3. The van der Waals surface area contributed by atoms with Crippen molar-refractivity contribution in [1.82, 2.24) is 9.88 Å². The molecule has 0 atom stereocenters. The van der Waals surface area contributed by atoms with Gasteiger partial charge in [-0.2, -0.15) is 26.3 Å². The molecule has 1 N–H and O–H groups in total. The van der Waals surface area contributed by atoms with E-state index in [4.69, 9.17) is 23.8 Å². The summed E-state index contributed by atoms with van der Waals surface area (Å²) in [7, 11) is 0. The molecule has 1 aliphatic heterocycles. The number of hydrogen-bond acceptors (Lipinski definition) is 3. The quantitative estimate of drug-likeness (QED) is 0.478. The summed E-state index contributed by atoms with van der Waals surface area (Å²) in [5.41, 5.74) is -1.51. The molecule has 0 radical (unpaired) electrons. The Kier molecular flexibility index (Phi) is 6.32. The lowest BCUT2D eigenvalue weighted by Crippen LogP contribution is -2.50. The molecule has 0 aliphatic carbocycles. The lowest BCUT2D eigenvalue weighted by atomic mass is 10.2. The fourth-order valence-electron chi connectivity index (χ4n) is 2.92. The lowest BCUT2D eigenvalue weighted by molar-refractivity contribution is -0.138. The van der Waals surface area contributed by atoms with Gasteiger partial charge in [0.15, 0.2) is 5.11 Å². The van der Waals surface area contributed by atoms with E-state index in [0.717, 1.165) is 24.4 Å². The Labute approximate surface area is 178 Å². The number of hydrogen-bond donors (Lipinski definition) is 1. The first-order valence-electron chi connectivity index (χ1n) is 8.66. The summed E-state index contributed by atoms with van der Waals surface area (Å²) in [6, 6.07) is 5.52. The highest BCUT2D eigenvalue weighted by Crippen LogP contribution is 2.34. The molecule has 1 fully saturated rings. The zero-order valence-electron chi connectivity index (χ0n) is 15.2. The second-order valence-electron chi connectivity index (χ2n) is 6.51. The highest BCUT2D eigenvalue weighted by Gasteiger charge is 2.33. The number of alkyl halides is 6. The summed E-state index contributed by atoms with van der Waals surface area (Å²) in [5.74, 6) is 0.237. The van der Waals surface area contributed by atoms with Gasteiger partial charge in [-0.25, -0.2) is 4.98 Å². The van der Waals surface area contributed by atoms with E-state index in [0.29, 0.717) is 26.2 Å². The molecular weight excluding hydrogens is 454 g/mol. The molecule has 3 rings (SSSR count). The Balaban J connectivity index is 1.61. The minimum absolute atomic E-state index is 0.108. The third-order valence-electron chi connectivity index (χ3n) is 4.46. The van der Waals surface area contributed by atoms with Crippen molar-refractivity contribution < 1.29 is 26.3 Å². The summed E-state index contributed by atoms with van der Waals surface area (Å²) in [6.07, 6.45) is -8.26. The van der Waals surface area contributed by atoms with E-state index < -0.39 is 23.5 Å². The molecule has 0 saturated carbocycles. The van der Waals surface area contributed by atoms with Crippen molar-refractivity contribution >= 4 is 40.4 Å². The minimum Gasteiger partial charge on any atom is -0.352 e. The first-order valence-corrected chi connectivity index (χ1v) is 9.44. The van der Waals surface area contributed by atoms with E-state index >= 15 is 0 Å². The molecule has 162 valence electrons. The minimum atomic E-state index is -4.53. The number of pyridine rings is 1. The van der Waals surface area contributed by atoms with Crippen molar-refractivity contribution in [2.24, 2.45) is 0 Å². The Bertz CT molecular complexity index is 926. The Hall–Kier alpha value is -2.27. The predicted molar refractivity (Wildman–Crippen MR) is 106 cm³/mol. The Morgan fingerprint density at radius 2 is 1.60 bits per heavy atom. The molecule has 1 saturated heterocycles. The molecule has 0 unspecified atom stereocenters. The van der Waals surface area contributed by atoms with Gasteiger partial charge in [-0.05, 0) is 36.5 Å².